The second-order valence-corrected chi connectivity index (χ2v) is 8.30. The molecule has 1 amide bonds. The number of hydrogen-bond donors (Lipinski definition) is 1. The first kappa shape index (κ1) is 20.5. The number of carbonyl (C=O) groups excluding carboxylic acids is 1. The number of carbonyl (C=O) groups is 1. The second kappa shape index (κ2) is 8.87. The van der Waals surface area contributed by atoms with Gasteiger partial charge in [-0.05, 0) is 43.3 Å². The number of ether oxygens (including phenoxy) is 3. The van der Waals surface area contributed by atoms with Gasteiger partial charge in [0.25, 0.3) is 0 Å². The van der Waals surface area contributed by atoms with Crippen LogP contribution in [-0.4, -0.2) is 40.0 Å². The zero-order valence-electron chi connectivity index (χ0n) is 16.0. The first-order valence-electron chi connectivity index (χ1n) is 8.96. The van der Waals surface area contributed by atoms with Gasteiger partial charge in [-0.3, -0.25) is 9.10 Å². The average molecular weight is 418 g/mol. The summed E-state index contributed by atoms with van der Waals surface area (Å²) in [4.78, 5) is 12.5. The molecule has 0 saturated carbocycles. The molecule has 0 radical (unpaired) electrons. The van der Waals surface area contributed by atoms with Crippen molar-refractivity contribution in [2.45, 2.75) is 6.92 Å². The lowest BCUT2D eigenvalue weighted by molar-refractivity contribution is -0.114. The minimum absolute atomic E-state index is 0.0757. The van der Waals surface area contributed by atoms with Gasteiger partial charge < -0.3 is 19.5 Å². The third-order valence-electron chi connectivity index (χ3n) is 4.14. The van der Waals surface area contributed by atoms with Gasteiger partial charge in [-0.15, -0.1) is 0 Å². The summed E-state index contributed by atoms with van der Waals surface area (Å²) in [6, 6.07) is 11.5. The Labute approximate surface area is 169 Å². The van der Waals surface area contributed by atoms with Gasteiger partial charge in [0.1, 0.15) is 18.9 Å². The van der Waals surface area contributed by atoms with Gasteiger partial charge in [0, 0.05) is 11.8 Å². The molecule has 0 bridgehead atoms. The molecule has 1 aliphatic heterocycles. The van der Waals surface area contributed by atoms with Crippen molar-refractivity contribution in [2.75, 3.05) is 35.3 Å². The second-order valence-electron chi connectivity index (χ2n) is 6.12. The summed E-state index contributed by atoms with van der Waals surface area (Å²) in [6.07, 6.45) is 1.63. The number of benzene rings is 2. The van der Waals surface area contributed by atoms with Crippen LogP contribution in [0, 0.1) is 0 Å². The van der Waals surface area contributed by atoms with Crippen molar-refractivity contribution in [3.8, 4) is 17.2 Å². The summed E-state index contributed by atoms with van der Waals surface area (Å²) in [5.74, 6) is 0.988. The summed E-state index contributed by atoms with van der Waals surface area (Å²) in [5, 5.41) is 2.70. The third kappa shape index (κ3) is 5.00. The Morgan fingerprint density at radius 2 is 1.93 bits per heavy atom. The van der Waals surface area contributed by atoms with Crippen LogP contribution in [0.15, 0.2) is 55.1 Å². The van der Waals surface area contributed by atoms with E-state index in [0.29, 0.717) is 35.2 Å². The Balaban J connectivity index is 1.74. The van der Waals surface area contributed by atoms with E-state index in [2.05, 4.69) is 11.9 Å². The van der Waals surface area contributed by atoms with Crippen LogP contribution in [-0.2, 0) is 14.8 Å². The molecule has 0 unspecified atom stereocenters. The van der Waals surface area contributed by atoms with Gasteiger partial charge >= 0.3 is 0 Å². The van der Waals surface area contributed by atoms with Crippen LogP contribution in [0.4, 0.5) is 11.4 Å². The molecule has 9 heteroatoms. The molecule has 1 heterocycles. The number of nitrogens with zero attached hydrogens (tertiary/aromatic N) is 1. The largest absolute Gasteiger partial charge is 0.490 e. The Bertz CT molecular complexity index is 989. The molecule has 29 heavy (non-hydrogen) atoms. The lowest BCUT2D eigenvalue weighted by Gasteiger charge is -2.23. The Morgan fingerprint density at radius 3 is 2.62 bits per heavy atom. The van der Waals surface area contributed by atoms with E-state index in [4.69, 9.17) is 14.2 Å². The molecule has 154 valence electrons. The van der Waals surface area contributed by atoms with Crippen molar-refractivity contribution in [1.29, 1.82) is 0 Å². The summed E-state index contributed by atoms with van der Waals surface area (Å²) in [6.45, 7) is 5.19. The van der Waals surface area contributed by atoms with Gasteiger partial charge in [0.2, 0.25) is 22.7 Å². The monoisotopic (exact) mass is 418 g/mol. The molecule has 2 aromatic rings. The fourth-order valence-electron chi connectivity index (χ4n) is 2.67. The zero-order chi connectivity index (χ0) is 20.9. The summed E-state index contributed by atoms with van der Waals surface area (Å²) in [5.41, 5.74) is 0.861. The van der Waals surface area contributed by atoms with Crippen molar-refractivity contribution in [2.24, 2.45) is 0 Å². The SMILES string of the molecule is C=CCOc1ccc(NC(=O)CN(c2ccc3c(c2)OCO3)S(=O)(=O)CC)cc1. The molecule has 0 spiro atoms. The van der Waals surface area contributed by atoms with Crippen molar-refractivity contribution >= 4 is 27.3 Å². The number of nitrogens with one attached hydrogen (secondary N) is 1. The van der Waals surface area contributed by atoms with Crippen molar-refractivity contribution in [3.63, 3.8) is 0 Å². The summed E-state index contributed by atoms with van der Waals surface area (Å²) >= 11 is 0. The minimum atomic E-state index is -3.69. The van der Waals surface area contributed by atoms with Gasteiger partial charge in [0.15, 0.2) is 11.5 Å². The number of fused-ring (bicyclic) bond motifs is 1. The first-order valence-corrected chi connectivity index (χ1v) is 10.6. The van der Waals surface area contributed by atoms with Gasteiger partial charge in [-0.2, -0.15) is 0 Å². The Kier molecular flexibility index (Phi) is 6.28. The number of sulfonamides is 1. The highest BCUT2D eigenvalue weighted by Gasteiger charge is 2.25. The standard InChI is InChI=1S/C20H22N2O6S/c1-3-11-26-17-8-5-15(6-9-17)21-20(23)13-22(29(24,25)4-2)16-7-10-18-19(12-16)28-14-27-18/h3,5-10,12H,1,4,11,13-14H2,2H3,(H,21,23). The zero-order valence-corrected chi connectivity index (χ0v) is 16.8. The van der Waals surface area contributed by atoms with Crippen LogP contribution in [0.25, 0.3) is 0 Å². The van der Waals surface area contributed by atoms with Gasteiger partial charge in [-0.25, -0.2) is 8.42 Å². The molecule has 0 fully saturated rings. The van der Waals surface area contributed by atoms with E-state index in [9.17, 15) is 13.2 Å². The fraction of sp³-hybridized carbons (Fsp3) is 0.250. The lowest BCUT2D eigenvalue weighted by Crippen LogP contribution is -2.39. The van der Waals surface area contributed by atoms with E-state index in [1.165, 1.54) is 6.92 Å². The quantitative estimate of drug-likeness (QED) is 0.630. The minimum Gasteiger partial charge on any atom is -0.490 e. The summed E-state index contributed by atoms with van der Waals surface area (Å²) < 4.78 is 42.2. The average Bonchev–Trinajstić information content (AvgIpc) is 3.19. The highest BCUT2D eigenvalue weighted by molar-refractivity contribution is 7.92. The number of hydrogen-bond acceptors (Lipinski definition) is 6. The van der Waals surface area contributed by atoms with Crippen molar-refractivity contribution in [3.05, 3.63) is 55.1 Å². The van der Waals surface area contributed by atoms with E-state index >= 15 is 0 Å². The van der Waals surface area contributed by atoms with E-state index in [0.717, 1.165) is 4.31 Å². The third-order valence-corrected chi connectivity index (χ3v) is 5.88. The summed E-state index contributed by atoms with van der Waals surface area (Å²) in [7, 11) is -3.69. The topological polar surface area (TPSA) is 94.2 Å². The molecule has 0 aliphatic carbocycles. The molecule has 0 aromatic heterocycles. The fourth-order valence-corrected chi connectivity index (χ4v) is 3.73. The highest BCUT2D eigenvalue weighted by Crippen LogP contribution is 2.36. The first-order chi connectivity index (χ1) is 13.9. The molecular formula is C20H22N2O6S. The van der Waals surface area contributed by atoms with Crippen LogP contribution < -0.4 is 23.8 Å². The molecule has 1 N–H and O–H groups in total. The van der Waals surface area contributed by atoms with Crippen LogP contribution in [0.2, 0.25) is 0 Å². The van der Waals surface area contributed by atoms with E-state index < -0.39 is 15.9 Å². The molecule has 3 rings (SSSR count). The normalized spacial score (nSPS) is 12.3. The smallest absolute Gasteiger partial charge is 0.245 e. The van der Waals surface area contributed by atoms with Crippen LogP contribution in [0.1, 0.15) is 6.92 Å². The Morgan fingerprint density at radius 1 is 1.21 bits per heavy atom. The van der Waals surface area contributed by atoms with E-state index in [-0.39, 0.29) is 19.1 Å². The van der Waals surface area contributed by atoms with E-state index in [1.807, 2.05) is 0 Å². The predicted octanol–water partition coefficient (Wildman–Crippen LogP) is 2.77. The molecule has 0 atom stereocenters. The number of anilines is 2. The van der Waals surface area contributed by atoms with E-state index in [1.54, 1.807) is 48.5 Å². The Hall–Kier alpha value is -3.20. The highest BCUT2D eigenvalue weighted by atomic mass is 32.2. The maximum atomic E-state index is 12.6. The molecular weight excluding hydrogens is 396 g/mol. The van der Waals surface area contributed by atoms with Gasteiger partial charge in [0.05, 0.1) is 11.4 Å². The van der Waals surface area contributed by atoms with Gasteiger partial charge in [-0.1, -0.05) is 12.7 Å². The number of amides is 1. The molecule has 2 aromatic carbocycles. The van der Waals surface area contributed by atoms with Crippen molar-refractivity contribution < 1.29 is 27.4 Å². The maximum Gasteiger partial charge on any atom is 0.245 e. The van der Waals surface area contributed by atoms with Crippen LogP contribution in [0.3, 0.4) is 0 Å². The van der Waals surface area contributed by atoms with Crippen LogP contribution in [0.5, 0.6) is 17.2 Å². The molecule has 0 saturated heterocycles. The lowest BCUT2D eigenvalue weighted by atomic mass is 10.2. The van der Waals surface area contributed by atoms with Crippen molar-refractivity contribution in [1.82, 2.24) is 0 Å². The number of rotatable bonds is 9. The van der Waals surface area contributed by atoms with Crippen LogP contribution >= 0.6 is 0 Å². The molecule has 1 aliphatic rings. The maximum absolute atomic E-state index is 12.6. The molecule has 8 nitrogen and oxygen atoms in total. The predicted molar refractivity (Wildman–Crippen MR) is 110 cm³/mol.